The molecule has 0 spiro atoms. The molecule has 1 N–H and O–H groups in total. The van der Waals surface area contributed by atoms with E-state index in [0.717, 1.165) is 48.1 Å². The fraction of sp³-hybridized carbons (Fsp3) is 0.435. The van der Waals surface area contributed by atoms with Gasteiger partial charge >= 0.3 is 0 Å². The number of hydrogen-bond donors (Lipinski definition) is 1. The van der Waals surface area contributed by atoms with Gasteiger partial charge in [-0.3, -0.25) is 4.79 Å². The lowest BCUT2D eigenvalue weighted by Crippen LogP contribution is -2.28. The summed E-state index contributed by atoms with van der Waals surface area (Å²) in [5.41, 5.74) is 2.01. The van der Waals surface area contributed by atoms with Gasteiger partial charge in [0.05, 0.1) is 21.1 Å². The summed E-state index contributed by atoms with van der Waals surface area (Å²) in [6.07, 6.45) is 2.62. The van der Waals surface area contributed by atoms with E-state index in [1.54, 1.807) is 12.1 Å². The first-order chi connectivity index (χ1) is 15.0. The number of carbonyl (C=O) groups excluding carboxylic acids is 1. The highest BCUT2D eigenvalue weighted by molar-refractivity contribution is 9.10. The molecule has 0 aromatic heterocycles. The summed E-state index contributed by atoms with van der Waals surface area (Å²) in [6.45, 7) is 6.11. The molecule has 31 heavy (non-hydrogen) atoms. The van der Waals surface area contributed by atoms with Crippen LogP contribution in [0.5, 0.6) is 11.5 Å². The van der Waals surface area contributed by atoms with E-state index in [2.05, 4.69) is 21.2 Å². The van der Waals surface area contributed by atoms with Crippen LogP contribution in [0.3, 0.4) is 0 Å². The van der Waals surface area contributed by atoms with Crippen molar-refractivity contribution in [3.05, 3.63) is 56.0 Å². The van der Waals surface area contributed by atoms with E-state index in [-0.39, 0.29) is 5.91 Å². The molecule has 2 aromatic carbocycles. The van der Waals surface area contributed by atoms with Crippen LogP contribution in [0.15, 0.2) is 34.8 Å². The van der Waals surface area contributed by atoms with Crippen LogP contribution in [-0.2, 0) is 17.9 Å². The molecule has 0 saturated carbocycles. The second kappa shape index (κ2) is 12.0. The zero-order chi connectivity index (χ0) is 22.2. The minimum atomic E-state index is 0.279. The molecular weight excluding hydrogens is 503 g/mol. The molecule has 3 rings (SSSR count). The number of ether oxygens (including phenoxy) is 2. The first-order valence-corrected chi connectivity index (χ1v) is 12.0. The number of nitrogens with one attached hydrogen (secondary N) is 1. The summed E-state index contributed by atoms with van der Waals surface area (Å²) >= 11 is 15.7. The molecule has 1 aliphatic heterocycles. The standard InChI is InChI=1S/C23H27BrCl2N2O3/c1-2-30-21-13-17(14-27-8-4-10-28-9-3-5-22(28)29)11-18(24)23(21)31-15-16-6-7-19(25)20(26)12-16/h6-7,11-13,27H,2-5,8-10,14-15H2,1H3. The maximum absolute atomic E-state index is 11.7. The lowest BCUT2D eigenvalue weighted by Gasteiger charge is -2.17. The number of nitrogens with zero attached hydrogens (tertiary/aromatic N) is 1. The van der Waals surface area contributed by atoms with Gasteiger partial charge in [0.1, 0.15) is 6.61 Å². The van der Waals surface area contributed by atoms with Crippen LogP contribution in [0.1, 0.15) is 37.3 Å². The molecule has 1 amide bonds. The van der Waals surface area contributed by atoms with Gasteiger partial charge in [-0.05, 0) is 77.6 Å². The molecule has 2 aromatic rings. The van der Waals surface area contributed by atoms with Gasteiger partial charge in [-0.25, -0.2) is 0 Å². The van der Waals surface area contributed by atoms with Crippen molar-refractivity contribution in [3.63, 3.8) is 0 Å². The van der Waals surface area contributed by atoms with Gasteiger partial charge in [0, 0.05) is 26.1 Å². The summed E-state index contributed by atoms with van der Waals surface area (Å²) in [5.74, 6) is 1.63. The summed E-state index contributed by atoms with van der Waals surface area (Å²) < 4.78 is 12.7. The maximum atomic E-state index is 11.7. The van der Waals surface area contributed by atoms with Crippen molar-refractivity contribution < 1.29 is 14.3 Å². The monoisotopic (exact) mass is 528 g/mol. The topological polar surface area (TPSA) is 50.8 Å². The Hall–Kier alpha value is -1.47. The number of amides is 1. The van der Waals surface area contributed by atoms with E-state index in [0.29, 0.717) is 47.7 Å². The van der Waals surface area contributed by atoms with Gasteiger partial charge in [0.15, 0.2) is 11.5 Å². The highest BCUT2D eigenvalue weighted by atomic mass is 79.9. The third kappa shape index (κ3) is 7.01. The Balaban J connectivity index is 1.56. The minimum Gasteiger partial charge on any atom is -0.490 e. The van der Waals surface area contributed by atoms with Crippen LogP contribution in [0, 0.1) is 0 Å². The minimum absolute atomic E-state index is 0.279. The van der Waals surface area contributed by atoms with Crippen LogP contribution in [0.2, 0.25) is 10.0 Å². The van der Waals surface area contributed by atoms with Crippen LogP contribution in [0.4, 0.5) is 0 Å². The second-order valence-electron chi connectivity index (χ2n) is 7.39. The molecule has 0 aliphatic carbocycles. The number of halogens is 3. The van der Waals surface area contributed by atoms with Crippen molar-refractivity contribution >= 4 is 45.0 Å². The zero-order valence-electron chi connectivity index (χ0n) is 17.6. The van der Waals surface area contributed by atoms with E-state index in [4.69, 9.17) is 32.7 Å². The van der Waals surface area contributed by atoms with Gasteiger partial charge in [0.2, 0.25) is 5.91 Å². The molecule has 0 radical (unpaired) electrons. The average Bonchev–Trinajstić information content (AvgIpc) is 3.14. The molecule has 0 atom stereocenters. The molecule has 5 nitrogen and oxygen atoms in total. The van der Waals surface area contributed by atoms with E-state index in [1.165, 1.54) is 0 Å². The fourth-order valence-electron chi connectivity index (χ4n) is 3.48. The van der Waals surface area contributed by atoms with Gasteiger partial charge in [-0.1, -0.05) is 29.3 Å². The second-order valence-corrected chi connectivity index (χ2v) is 9.06. The Morgan fingerprint density at radius 3 is 2.68 bits per heavy atom. The van der Waals surface area contributed by atoms with Crippen molar-refractivity contribution in [3.8, 4) is 11.5 Å². The van der Waals surface area contributed by atoms with Crippen molar-refractivity contribution in [2.45, 2.75) is 39.3 Å². The Kier molecular flexibility index (Phi) is 9.32. The first-order valence-electron chi connectivity index (χ1n) is 10.5. The molecule has 0 unspecified atom stereocenters. The first kappa shape index (κ1) is 24.2. The third-order valence-corrected chi connectivity index (χ3v) is 6.35. The Morgan fingerprint density at radius 2 is 1.97 bits per heavy atom. The Morgan fingerprint density at radius 1 is 1.13 bits per heavy atom. The van der Waals surface area contributed by atoms with Crippen LogP contribution in [-0.4, -0.2) is 37.0 Å². The van der Waals surface area contributed by atoms with E-state index >= 15 is 0 Å². The Bertz CT molecular complexity index is 911. The molecule has 8 heteroatoms. The van der Waals surface area contributed by atoms with Gasteiger partial charge in [-0.2, -0.15) is 0 Å². The van der Waals surface area contributed by atoms with E-state index in [9.17, 15) is 4.79 Å². The summed E-state index contributed by atoms with van der Waals surface area (Å²) in [7, 11) is 0. The largest absolute Gasteiger partial charge is 0.490 e. The van der Waals surface area contributed by atoms with Crippen molar-refractivity contribution in [2.75, 3.05) is 26.2 Å². The van der Waals surface area contributed by atoms with Crippen molar-refractivity contribution in [1.29, 1.82) is 0 Å². The van der Waals surface area contributed by atoms with Gasteiger partial charge in [-0.15, -0.1) is 0 Å². The summed E-state index contributed by atoms with van der Waals surface area (Å²) in [4.78, 5) is 13.6. The quantitative estimate of drug-likeness (QED) is 0.372. The lowest BCUT2D eigenvalue weighted by molar-refractivity contribution is -0.127. The number of benzene rings is 2. The number of likely N-dealkylation sites (tertiary alicyclic amines) is 1. The molecular formula is C23H27BrCl2N2O3. The fourth-order valence-corrected chi connectivity index (χ4v) is 4.40. The molecule has 1 saturated heterocycles. The molecule has 0 bridgehead atoms. The lowest BCUT2D eigenvalue weighted by atomic mass is 10.2. The predicted molar refractivity (Wildman–Crippen MR) is 128 cm³/mol. The predicted octanol–water partition coefficient (Wildman–Crippen LogP) is 5.84. The highest BCUT2D eigenvalue weighted by Crippen LogP contribution is 2.37. The van der Waals surface area contributed by atoms with Gasteiger partial charge in [0.25, 0.3) is 0 Å². The van der Waals surface area contributed by atoms with Crippen LogP contribution < -0.4 is 14.8 Å². The SMILES string of the molecule is CCOc1cc(CNCCCN2CCCC2=O)cc(Br)c1OCc1ccc(Cl)c(Cl)c1. The normalized spacial score (nSPS) is 13.7. The highest BCUT2D eigenvalue weighted by Gasteiger charge is 2.19. The number of hydrogen-bond acceptors (Lipinski definition) is 4. The molecule has 1 heterocycles. The summed E-state index contributed by atoms with van der Waals surface area (Å²) in [6, 6.07) is 9.47. The molecule has 1 aliphatic rings. The van der Waals surface area contributed by atoms with Crippen molar-refractivity contribution in [1.82, 2.24) is 10.2 Å². The van der Waals surface area contributed by atoms with Crippen LogP contribution in [0.25, 0.3) is 0 Å². The van der Waals surface area contributed by atoms with E-state index in [1.807, 2.05) is 30.0 Å². The maximum Gasteiger partial charge on any atom is 0.222 e. The zero-order valence-corrected chi connectivity index (χ0v) is 20.7. The summed E-state index contributed by atoms with van der Waals surface area (Å²) in [5, 5.41) is 4.46. The third-order valence-electron chi connectivity index (χ3n) is 5.02. The number of rotatable bonds is 11. The van der Waals surface area contributed by atoms with E-state index < -0.39 is 0 Å². The average molecular weight is 530 g/mol. The molecule has 168 valence electrons. The smallest absolute Gasteiger partial charge is 0.222 e. The molecule has 1 fully saturated rings. The van der Waals surface area contributed by atoms with Crippen LogP contribution >= 0.6 is 39.1 Å². The Labute approximate surface area is 202 Å². The van der Waals surface area contributed by atoms with Gasteiger partial charge < -0.3 is 19.7 Å². The van der Waals surface area contributed by atoms with Crippen molar-refractivity contribution in [2.24, 2.45) is 0 Å². The number of carbonyl (C=O) groups is 1.